The predicted molar refractivity (Wildman–Crippen MR) is 151 cm³/mol. The Balaban J connectivity index is 1.69. The fourth-order valence-electron chi connectivity index (χ4n) is 3.95. The maximum atomic E-state index is 12.9. The summed E-state index contributed by atoms with van der Waals surface area (Å²) in [6.45, 7) is -1.83. The van der Waals surface area contributed by atoms with E-state index in [-0.39, 0.29) is 45.4 Å². The van der Waals surface area contributed by atoms with Crippen LogP contribution in [0.4, 0.5) is 11.4 Å². The van der Waals surface area contributed by atoms with Gasteiger partial charge in [0.25, 0.3) is 13.1 Å². The number of nitro groups is 2. The minimum Gasteiger partial charge on any atom is -0.326 e. The van der Waals surface area contributed by atoms with Gasteiger partial charge in [-0.05, 0) is 42.0 Å². The molecule has 0 heterocycles. The molecule has 12 nitrogen and oxygen atoms in total. The van der Waals surface area contributed by atoms with Crippen LogP contribution in [-0.4, -0.2) is 46.3 Å². The zero-order valence-corrected chi connectivity index (χ0v) is 22.7. The van der Waals surface area contributed by atoms with E-state index in [4.69, 9.17) is 23.2 Å². The van der Waals surface area contributed by atoms with E-state index in [0.717, 1.165) is 5.56 Å². The first-order valence-electron chi connectivity index (χ1n) is 12.0. The van der Waals surface area contributed by atoms with Crippen LogP contribution in [0.25, 0.3) is 0 Å². The first-order valence-corrected chi connectivity index (χ1v) is 12.7. The van der Waals surface area contributed by atoms with Crippen molar-refractivity contribution in [1.82, 2.24) is 0 Å². The van der Waals surface area contributed by atoms with Crippen LogP contribution in [0.5, 0.6) is 0 Å². The van der Waals surface area contributed by atoms with Crippen molar-refractivity contribution in [2.75, 3.05) is 23.7 Å². The molecule has 2 amide bonds. The lowest BCUT2D eigenvalue weighted by atomic mass is 9.91. The largest absolute Gasteiger partial charge is 0.326 e. The van der Waals surface area contributed by atoms with Gasteiger partial charge in [0.15, 0.2) is 0 Å². The lowest BCUT2D eigenvalue weighted by Gasteiger charge is -2.17. The highest BCUT2D eigenvalue weighted by Gasteiger charge is 2.22. The maximum absolute atomic E-state index is 12.9. The molecule has 0 aromatic heterocycles. The number of nitrogens with one attached hydrogen (secondary N) is 2. The molecule has 0 spiro atoms. The number of rotatable bonds is 13. The van der Waals surface area contributed by atoms with Crippen LogP contribution in [0.3, 0.4) is 0 Å². The molecule has 0 aliphatic heterocycles. The first-order chi connectivity index (χ1) is 19.4. The highest BCUT2D eigenvalue weighted by molar-refractivity contribution is 6.34. The molecule has 3 aromatic rings. The van der Waals surface area contributed by atoms with Gasteiger partial charge in [-0.25, -0.2) is 0 Å². The number of ketones is 2. The monoisotopic (exact) mass is 600 g/mol. The Kier molecular flexibility index (Phi) is 10.6. The lowest BCUT2D eigenvalue weighted by Crippen LogP contribution is -2.21. The zero-order chi connectivity index (χ0) is 30.1. The van der Waals surface area contributed by atoms with Crippen molar-refractivity contribution < 1.29 is 29.0 Å². The molecule has 0 atom stereocenters. The van der Waals surface area contributed by atoms with Gasteiger partial charge in [0.2, 0.25) is 23.4 Å². The van der Waals surface area contributed by atoms with E-state index in [9.17, 15) is 39.4 Å². The third kappa shape index (κ3) is 9.19. The number of carbonyl (C=O) groups excluding carboxylic acids is 4. The molecule has 3 rings (SSSR count). The second-order valence-electron chi connectivity index (χ2n) is 8.83. The van der Waals surface area contributed by atoms with Crippen LogP contribution in [0.1, 0.15) is 45.0 Å². The van der Waals surface area contributed by atoms with E-state index in [0.29, 0.717) is 0 Å². The van der Waals surface area contributed by atoms with Crippen molar-refractivity contribution in [2.24, 2.45) is 0 Å². The Morgan fingerprint density at radius 3 is 1.46 bits per heavy atom. The topological polar surface area (TPSA) is 179 Å². The molecule has 0 bridgehead atoms. The number of Topliss-reactive ketones (excluding diaryl/α,β-unsaturated/α-hetero) is 2. The smallest absolute Gasteiger partial charge is 0.265 e. The van der Waals surface area contributed by atoms with Crippen molar-refractivity contribution in [3.8, 4) is 0 Å². The van der Waals surface area contributed by atoms with Gasteiger partial charge in [0, 0.05) is 51.1 Å². The van der Waals surface area contributed by atoms with Crippen LogP contribution in [0.15, 0.2) is 66.7 Å². The maximum Gasteiger partial charge on any atom is 0.265 e. The average molecular weight is 601 g/mol. The minimum atomic E-state index is -0.914. The van der Waals surface area contributed by atoms with Crippen molar-refractivity contribution >= 4 is 58.0 Å². The Hall–Kier alpha value is -4.68. The van der Waals surface area contributed by atoms with Gasteiger partial charge in [-0.15, -0.1) is 0 Å². The van der Waals surface area contributed by atoms with E-state index in [1.807, 2.05) is 0 Å². The molecule has 3 aromatic carbocycles. The van der Waals surface area contributed by atoms with Gasteiger partial charge in [-0.1, -0.05) is 53.5 Å². The fourth-order valence-corrected chi connectivity index (χ4v) is 4.52. The van der Waals surface area contributed by atoms with Gasteiger partial charge in [-0.2, -0.15) is 0 Å². The highest BCUT2D eigenvalue weighted by Crippen LogP contribution is 2.27. The number of halogens is 2. The van der Waals surface area contributed by atoms with Crippen LogP contribution in [-0.2, 0) is 9.59 Å². The molecule has 212 valence electrons. The quantitative estimate of drug-likeness (QED) is 0.155. The van der Waals surface area contributed by atoms with E-state index in [1.54, 1.807) is 30.3 Å². The van der Waals surface area contributed by atoms with E-state index in [1.165, 1.54) is 36.4 Å². The number of hydrogen-bond acceptors (Lipinski definition) is 8. The van der Waals surface area contributed by atoms with Gasteiger partial charge < -0.3 is 10.6 Å². The first kappa shape index (κ1) is 30.9. The number of amides is 2. The number of anilines is 2. The molecule has 0 radical (unpaired) electrons. The number of nitrogens with zero attached hydrogens (tertiary/aromatic N) is 2. The summed E-state index contributed by atoms with van der Waals surface area (Å²) in [4.78, 5) is 69.4. The summed E-state index contributed by atoms with van der Waals surface area (Å²) in [5.74, 6) is -3.00. The second kappa shape index (κ2) is 14.1. The van der Waals surface area contributed by atoms with Crippen LogP contribution >= 0.6 is 23.2 Å². The normalized spacial score (nSPS) is 10.6. The van der Waals surface area contributed by atoms with E-state index >= 15 is 0 Å². The summed E-state index contributed by atoms with van der Waals surface area (Å²) in [6.07, 6.45) is -0.210. The predicted octanol–water partition coefficient (Wildman–Crippen LogP) is 5.05. The Bertz CT molecular complexity index is 1420. The molecule has 14 heteroatoms. The van der Waals surface area contributed by atoms with E-state index < -0.39 is 52.2 Å². The van der Waals surface area contributed by atoms with Crippen LogP contribution in [0.2, 0.25) is 10.0 Å². The van der Waals surface area contributed by atoms with Crippen molar-refractivity contribution in [1.29, 1.82) is 0 Å². The van der Waals surface area contributed by atoms with Gasteiger partial charge in [0.1, 0.15) is 0 Å². The molecule has 0 unspecified atom stereocenters. The summed E-state index contributed by atoms with van der Waals surface area (Å²) < 4.78 is 0. The van der Waals surface area contributed by atoms with E-state index in [2.05, 4.69) is 10.6 Å². The minimum absolute atomic E-state index is 0.0458. The van der Waals surface area contributed by atoms with Gasteiger partial charge in [0.05, 0.1) is 10.0 Å². The van der Waals surface area contributed by atoms with Gasteiger partial charge in [-0.3, -0.25) is 39.4 Å². The third-order valence-corrected chi connectivity index (χ3v) is 6.41. The molecular weight excluding hydrogens is 579 g/mol. The number of hydrogen-bond donors (Lipinski definition) is 2. The van der Waals surface area contributed by atoms with Crippen molar-refractivity contribution in [3.05, 3.63) is 114 Å². The van der Waals surface area contributed by atoms with Crippen molar-refractivity contribution in [3.63, 3.8) is 0 Å². The molecule has 0 fully saturated rings. The van der Waals surface area contributed by atoms with Crippen LogP contribution in [0, 0.1) is 20.2 Å². The SMILES string of the molecule is O=C(CC(CC(=O)Nc1ccc(C(=O)C[N+](=O)[O-])c(Cl)c1)c1ccccc1)Nc1ccc(C(=O)C[N+](=O)[O-])c(Cl)c1. The fraction of sp³-hybridized carbons (Fsp3) is 0.185. The summed E-state index contributed by atoms with van der Waals surface area (Å²) in [7, 11) is 0. The number of benzene rings is 3. The number of carbonyl (C=O) groups is 4. The molecule has 41 heavy (non-hydrogen) atoms. The zero-order valence-electron chi connectivity index (χ0n) is 21.2. The summed E-state index contributed by atoms with van der Waals surface area (Å²) in [6, 6.07) is 16.8. The van der Waals surface area contributed by atoms with Gasteiger partial charge >= 0.3 is 0 Å². The Labute approximate surface area is 242 Å². The van der Waals surface area contributed by atoms with Crippen molar-refractivity contribution in [2.45, 2.75) is 18.8 Å². The van der Waals surface area contributed by atoms with Crippen LogP contribution < -0.4 is 10.6 Å². The molecular formula is C27H22Cl2N4O8. The molecule has 0 saturated heterocycles. The molecule has 0 saturated carbocycles. The molecule has 0 aliphatic rings. The average Bonchev–Trinajstić information content (AvgIpc) is 2.88. The molecule has 0 aliphatic carbocycles. The summed E-state index contributed by atoms with van der Waals surface area (Å²) >= 11 is 12.2. The summed E-state index contributed by atoms with van der Waals surface area (Å²) in [5, 5.41) is 26.4. The third-order valence-electron chi connectivity index (χ3n) is 5.79. The Morgan fingerprint density at radius 1 is 0.683 bits per heavy atom. The second-order valence-corrected chi connectivity index (χ2v) is 9.64. The molecule has 2 N–H and O–H groups in total. The lowest BCUT2D eigenvalue weighted by molar-refractivity contribution is -0.465. The standard InChI is InChI=1S/C27H22Cl2N4O8/c28-22-12-18(6-8-20(22)24(34)14-32(38)39)30-26(36)10-17(16-4-2-1-3-5-16)11-27(37)31-19-7-9-21(23(29)13-19)25(35)15-33(40)41/h1-9,12-13,17H,10-11,14-15H2,(H,30,36)(H,31,37). The highest BCUT2D eigenvalue weighted by atomic mass is 35.5. The summed E-state index contributed by atoms with van der Waals surface area (Å²) in [5.41, 5.74) is 1.15. The Morgan fingerprint density at radius 2 is 1.10 bits per heavy atom.